The van der Waals surface area contributed by atoms with Crippen LogP contribution in [0, 0.1) is 0 Å². The van der Waals surface area contributed by atoms with E-state index in [-0.39, 0.29) is 11.8 Å². The van der Waals surface area contributed by atoms with Gasteiger partial charge in [0.05, 0.1) is 6.33 Å². The topological polar surface area (TPSA) is 44.1 Å². The molecule has 4 nitrogen and oxygen atoms in total. The fraction of sp³-hybridized carbons (Fsp3) is 0.500. The van der Waals surface area contributed by atoms with E-state index in [9.17, 15) is 4.79 Å². The Morgan fingerprint density at radius 3 is 3.25 bits per heavy atom. The number of hydrogen-bond donors (Lipinski definition) is 0. The summed E-state index contributed by atoms with van der Waals surface area (Å²) in [5.41, 5.74) is -0.0445. The highest BCUT2D eigenvalue weighted by Gasteiger charge is 2.17. The first kappa shape index (κ1) is 7.49. The van der Waals surface area contributed by atoms with Gasteiger partial charge in [0.2, 0.25) is 0 Å². The molecule has 1 aromatic heterocycles. The van der Waals surface area contributed by atoms with Crippen molar-refractivity contribution in [3.8, 4) is 0 Å². The van der Waals surface area contributed by atoms with Crippen LogP contribution in [0.1, 0.15) is 19.1 Å². The van der Waals surface area contributed by atoms with Crippen molar-refractivity contribution in [2.45, 2.75) is 19.1 Å². The van der Waals surface area contributed by atoms with E-state index in [4.69, 9.17) is 4.74 Å². The Balaban J connectivity index is 2.32. The quantitative estimate of drug-likeness (QED) is 0.612. The average Bonchev–Trinajstić information content (AvgIpc) is 2.57. The Kier molecular flexibility index (Phi) is 1.91. The van der Waals surface area contributed by atoms with Crippen LogP contribution in [0.3, 0.4) is 0 Å². The number of ether oxygens (including phenoxy) is 1. The lowest BCUT2D eigenvalue weighted by Gasteiger charge is -2.10. The second-order valence-electron chi connectivity index (χ2n) is 2.79. The van der Waals surface area contributed by atoms with E-state index in [0.29, 0.717) is 0 Å². The van der Waals surface area contributed by atoms with Crippen molar-refractivity contribution in [3.63, 3.8) is 0 Å². The maximum absolute atomic E-state index is 11.2. The van der Waals surface area contributed by atoms with E-state index in [1.54, 1.807) is 0 Å². The van der Waals surface area contributed by atoms with Crippen molar-refractivity contribution in [1.82, 2.24) is 9.55 Å². The molecule has 1 unspecified atom stereocenters. The van der Waals surface area contributed by atoms with Gasteiger partial charge in [-0.25, -0.2) is 4.98 Å². The van der Waals surface area contributed by atoms with Crippen LogP contribution in [-0.4, -0.2) is 16.2 Å². The van der Waals surface area contributed by atoms with Crippen LogP contribution in [0.25, 0.3) is 0 Å². The number of rotatable bonds is 1. The van der Waals surface area contributed by atoms with E-state index >= 15 is 0 Å². The zero-order valence-corrected chi connectivity index (χ0v) is 6.64. The summed E-state index contributed by atoms with van der Waals surface area (Å²) in [6.07, 6.45) is 4.86. The number of hydrogen-bond acceptors (Lipinski definition) is 3. The lowest BCUT2D eigenvalue weighted by atomic mass is 10.3. The summed E-state index contributed by atoms with van der Waals surface area (Å²) in [5.74, 6) is 0. The fourth-order valence-electron chi connectivity index (χ4n) is 1.36. The molecule has 1 fully saturated rings. The largest absolute Gasteiger partial charge is 0.358 e. The van der Waals surface area contributed by atoms with Crippen LogP contribution in [0.4, 0.5) is 0 Å². The Hall–Kier alpha value is -1.16. The van der Waals surface area contributed by atoms with Crippen molar-refractivity contribution >= 4 is 0 Å². The van der Waals surface area contributed by atoms with Crippen LogP contribution < -0.4 is 5.56 Å². The zero-order valence-electron chi connectivity index (χ0n) is 6.64. The Labute approximate surface area is 69.8 Å². The third-order valence-electron chi connectivity index (χ3n) is 1.96. The van der Waals surface area contributed by atoms with E-state index in [0.717, 1.165) is 19.4 Å². The highest BCUT2D eigenvalue weighted by Crippen LogP contribution is 2.19. The summed E-state index contributed by atoms with van der Waals surface area (Å²) >= 11 is 0. The molecule has 0 aliphatic carbocycles. The zero-order chi connectivity index (χ0) is 8.39. The van der Waals surface area contributed by atoms with Gasteiger partial charge in [0.15, 0.2) is 0 Å². The van der Waals surface area contributed by atoms with Crippen molar-refractivity contribution in [2.24, 2.45) is 0 Å². The highest BCUT2D eigenvalue weighted by atomic mass is 16.5. The monoisotopic (exact) mass is 166 g/mol. The van der Waals surface area contributed by atoms with Gasteiger partial charge >= 0.3 is 0 Å². The lowest BCUT2D eigenvalue weighted by Crippen LogP contribution is -2.23. The Bertz CT molecular complexity index is 315. The summed E-state index contributed by atoms with van der Waals surface area (Å²) in [6, 6.07) is 1.45. The molecule has 64 valence electrons. The summed E-state index contributed by atoms with van der Waals surface area (Å²) in [5, 5.41) is 0. The molecule has 0 aromatic carbocycles. The Morgan fingerprint density at radius 2 is 2.58 bits per heavy atom. The summed E-state index contributed by atoms with van der Waals surface area (Å²) in [6.45, 7) is 0.742. The molecule has 2 heterocycles. The second kappa shape index (κ2) is 3.06. The molecular formula is C8H10N2O2. The van der Waals surface area contributed by atoms with Crippen LogP contribution in [0.2, 0.25) is 0 Å². The molecule has 0 radical (unpaired) electrons. The molecule has 0 saturated carbocycles. The highest BCUT2D eigenvalue weighted by molar-refractivity contribution is 4.84. The standard InChI is InChI=1S/C8H10N2O2/c11-7-3-4-9-6-10(7)8-2-1-5-12-8/h3-4,6,8H,1-2,5H2. The van der Waals surface area contributed by atoms with Gasteiger partial charge in [-0.15, -0.1) is 0 Å². The summed E-state index contributed by atoms with van der Waals surface area (Å²) < 4.78 is 6.88. The van der Waals surface area contributed by atoms with Crippen molar-refractivity contribution in [2.75, 3.05) is 6.61 Å². The molecule has 0 N–H and O–H groups in total. The maximum Gasteiger partial charge on any atom is 0.255 e. The molecule has 0 amide bonds. The van der Waals surface area contributed by atoms with Crippen LogP contribution in [0.15, 0.2) is 23.4 Å². The third kappa shape index (κ3) is 1.25. The fourth-order valence-corrected chi connectivity index (χ4v) is 1.36. The van der Waals surface area contributed by atoms with Crippen molar-refractivity contribution in [3.05, 3.63) is 28.9 Å². The average molecular weight is 166 g/mol. The van der Waals surface area contributed by atoms with Crippen molar-refractivity contribution < 1.29 is 4.74 Å². The Morgan fingerprint density at radius 1 is 1.67 bits per heavy atom. The molecule has 1 aliphatic rings. The predicted octanol–water partition coefficient (Wildman–Crippen LogP) is 0.552. The molecular weight excluding hydrogens is 156 g/mol. The first-order valence-electron chi connectivity index (χ1n) is 4.02. The normalized spacial score (nSPS) is 22.8. The minimum Gasteiger partial charge on any atom is -0.358 e. The first-order chi connectivity index (χ1) is 5.88. The third-order valence-corrected chi connectivity index (χ3v) is 1.96. The minimum absolute atomic E-state index is 0.0445. The van der Waals surface area contributed by atoms with Gasteiger partial charge in [-0.1, -0.05) is 0 Å². The van der Waals surface area contributed by atoms with Gasteiger partial charge in [0.1, 0.15) is 6.23 Å². The smallest absolute Gasteiger partial charge is 0.255 e. The van der Waals surface area contributed by atoms with Crippen LogP contribution in [-0.2, 0) is 4.74 Å². The molecule has 1 saturated heterocycles. The van der Waals surface area contributed by atoms with Gasteiger partial charge in [0.25, 0.3) is 5.56 Å². The molecule has 12 heavy (non-hydrogen) atoms. The van der Waals surface area contributed by atoms with Crippen molar-refractivity contribution in [1.29, 1.82) is 0 Å². The maximum atomic E-state index is 11.2. The van der Waals surface area contributed by atoms with E-state index in [1.807, 2.05) is 0 Å². The summed E-state index contributed by atoms with van der Waals surface area (Å²) in [7, 11) is 0. The van der Waals surface area contributed by atoms with E-state index in [2.05, 4.69) is 4.98 Å². The first-order valence-corrected chi connectivity index (χ1v) is 4.02. The molecule has 1 aliphatic heterocycles. The molecule has 1 atom stereocenters. The van der Waals surface area contributed by atoms with Crippen LogP contribution >= 0.6 is 0 Å². The lowest BCUT2D eigenvalue weighted by molar-refractivity contribution is 0.0529. The summed E-state index contributed by atoms with van der Waals surface area (Å²) in [4.78, 5) is 15.1. The van der Waals surface area contributed by atoms with Gasteiger partial charge in [-0.3, -0.25) is 9.36 Å². The molecule has 1 aromatic rings. The minimum atomic E-state index is -0.0915. The van der Waals surface area contributed by atoms with E-state index < -0.39 is 0 Å². The van der Waals surface area contributed by atoms with E-state index in [1.165, 1.54) is 23.2 Å². The molecule has 2 rings (SSSR count). The van der Waals surface area contributed by atoms with Crippen LogP contribution in [0.5, 0.6) is 0 Å². The SMILES string of the molecule is O=c1ccncn1C1CCCO1. The van der Waals surface area contributed by atoms with Gasteiger partial charge < -0.3 is 4.74 Å². The second-order valence-corrected chi connectivity index (χ2v) is 2.79. The van der Waals surface area contributed by atoms with Gasteiger partial charge in [0, 0.05) is 18.9 Å². The van der Waals surface area contributed by atoms with Gasteiger partial charge in [-0.05, 0) is 12.8 Å². The number of aromatic nitrogens is 2. The number of nitrogens with zero attached hydrogens (tertiary/aromatic N) is 2. The van der Waals surface area contributed by atoms with Gasteiger partial charge in [-0.2, -0.15) is 0 Å². The molecule has 0 spiro atoms. The molecule has 4 heteroatoms. The predicted molar refractivity (Wildman–Crippen MR) is 42.7 cm³/mol. The molecule has 0 bridgehead atoms.